The van der Waals surface area contributed by atoms with Crippen LogP contribution in [0.15, 0.2) is 34.9 Å². The van der Waals surface area contributed by atoms with Crippen LogP contribution in [-0.4, -0.2) is 16.2 Å². The maximum atomic E-state index is 10.7. The van der Waals surface area contributed by atoms with E-state index in [4.69, 9.17) is 9.63 Å². The summed E-state index contributed by atoms with van der Waals surface area (Å²) < 4.78 is 4.76. The fourth-order valence-electron chi connectivity index (χ4n) is 1.40. The van der Waals surface area contributed by atoms with E-state index in [1.54, 1.807) is 6.92 Å². The number of hydrogen-bond donors (Lipinski definition) is 1. The van der Waals surface area contributed by atoms with Crippen molar-refractivity contribution in [1.29, 1.82) is 0 Å². The van der Waals surface area contributed by atoms with E-state index in [1.165, 1.54) is 0 Å². The normalized spacial score (nSPS) is 10.2. The molecular formula is C11H9NO3. The van der Waals surface area contributed by atoms with E-state index in [0.29, 0.717) is 11.3 Å². The minimum absolute atomic E-state index is 0.103. The van der Waals surface area contributed by atoms with Crippen LogP contribution in [0.3, 0.4) is 0 Å². The number of aromatic nitrogens is 1. The number of carbonyl (C=O) groups is 1. The number of rotatable bonds is 2. The summed E-state index contributed by atoms with van der Waals surface area (Å²) in [5, 5.41) is 12.5. The van der Waals surface area contributed by atoms with Crippen LogP contribution >= 0.6 is 0 Å². The van der Waals surface area contributed by atoms with Crippen molar-refractivity contribution in [3.05, 3.63) is 41.7 Å². The predicted octanol–water partition coefficient (Wildman–Crippen LogP) is 2.35. The fraction of sp³-hybridized carbons (Fsp3) is 0.0909. The highest BCUT2D eigenvalue weighted by atomic mass is 16.5. The van der Waals surface area contributed by atoms with Crippen molar-refractivity contribution < 1.29 is 14.4 Å². The van der Waals surface area contributed by atoms with Crippen LogP contribution in [0.2, 0.25) is 0 Å². The van der Waals surface area contributed by atoms with E-state index in [1.807, 2.05) is 30.3 Å². The van der Waals surface area contributed by atoms with E-state index >= 15 is 0 Å². The largest absolute Gasteiger partial charge is 0.475 e. The lowest BCUT2D eigenvalue weighted by molar-refractivity contribution is 0.0651. The Morgan fingerprint density at radius 2 is 2.00 bits per heavy atom. The molecule has 1 N–H and O–H groups in total. The lowest BCUT2D eigenvalue weighted by Gasteiger charge is -1.95. The standard InChI is InChI=1S/C11H9NO3/c1-7-9(8-5-3-2-4-6-8)12-15-10(7)11(13)14/h2-6H,1H3,(H,13,14). The first-order chi connectivity index (χ1) is 7.20. The Kier molecular flexibility index (Phi) is 2.25. The molecule has 0 radical (unpaired) electrons. The van der Waals surface area contributed by atoms with Crippen LogP contribution in [-0.2, 0) is 0 Å². The summed E-state index contributed by atoms with van der Waals surface area (Å²) >= 11 is 0. The van der Waals surface area contributed by atoms with Crippen molar-refractivity contribution in [2.24, 2.45) is 0 Å². The molecule has 0 atom stereocenters. The molecular weight excluding hydrogens is 194 g/mol. The first-order valence-corrected chi connectivity index (χ1v) is 4.45. The third kappa shape index (κ3) is 1.61. The van der Waals surface area contributed by atoms with Gasteiger partial charge in [0, 0.05) is 11.1 Å². The van der Waals surface area contributed by atoms with Crippen LogP contribution in [0.25, 0.3) is 11.3 Å². The second-order valence-electron chi connectivity index (χ2n) is 3.16. The topological polar surface area (TPSA) is 63.3 Å². The van der Waals surface area contributed by atoms with Gasteiger partial charge in [-0.15, -0.1) is 0 Å². The van der Waals surface area contributed by atoms with Crippen LogP contribution in [0.4, 0.5) is 0 Å². The Bertz CT molecular complexity index is 488. The minimum atomic E-state index is -1.10. The van der Waals surface area contributed by atoms with E-state index in [-0.39, 0.29) is 5.76 Å². The molecule has 0 spiro atoms. The number of hydrogen-bond acceptors (Lipinski definition) is 3. The molecule has 4 nitrogen and oxygen atoms in total. The van der Waals surface area contributed by atoms with Crippen molar-refractivity contribution >= 4 is 5.97 Å². The van der Waals surface area contributed by atoms with Gasteiger partial charge >= 0.3 is 5.97 Å². The lowest BCUT2D eigenvalue weighted by Crippen LogP contribution is -1.95. The summed E-state index contributed by atoms with van der Waals surface area (Å²) in [4.78, 5) is 10.7. The molecule has 2 aromatic rings. The van der Waals surface area contributed by atoms with Gasteiger partial charge in [-0.05, 0) is 6.92 Å². The summed E-state index contributed by atoms with van der Waals surface area (Å²) in [6.07, 6.45) is 0. The number of carboxylic acids is 1. The molecule has 0 fully saturated rings. The van der Waals surface area contributed by atoms with Gasteiger partial charge < -0.3 is 9.63 Å². The van der Waals surface area contributed by atoms with Crippen LogP contribution in [0.1, 0.15) is 16.1 Å². The molecule has 0 unspecified atom stereocenters. The second-order valence-corrected chi connectivity index (χ2v) is 3.16. The highest BCUT2D eigenvalue weighted by Gasteiger charge is 2.18. The van der Waals surface area contributed by atoms with E-state index in [9.17, 15) is 4.79 Å². The van der Waals surface area contributed by atoms with Gasteiger partial charge in [0.05, 0.1) is 0 Å². The molecule has 15 heavy (non-hydrogen) atoms. The zero-order valence-electron chi connectivity index (χ0n) is 8.10. The molecule has 1 heterocycles. The Labute approximate surface area is 86.1 Å². The zero-order chi connectivity index (χ0) is 10.8. The Hall–Kier alpha value is -2.10. The molecule has 76 valence electrons. The smallest absolute Gasteiger partial charge is 0.375 e. The van der Waals surface area contributed by atoms with Gasteiger partial charge in [-0.2, -0.15) is 0 Å². The summed E-state index contributed by atoms with van der Waals surface area (Å²) in [7, 11) is 0. The molecule has 0 amide bonds. The van der Waals surface area contributed by atoms with Gasteiger partial charge in [0.2, 0.25) is 5.76 Å². The van der Waals surface area contributed by atoms with Crippen LogP contribution in [0.5, 0.6) is 0 Å². The number of aromatic carboxylic acids is 1. The lowest BCUT2D eigenvalue weighted by atomic mass is 10.1. The summed E-state index contributed by atoms with van der Waals surface area (Å²) in [6.45, 7) is 1.68. The van der Waals surface area contributed by atoms with Gasteiger partial charge in [-0.3, -0.25) is 0 Å². The SMILES string of the molecule is Cc1c(-c2ccccc2)noc1C(=O)O. The molecule has 4 heteroatoms. The quantitative estimate of drug-likeness (QED) is 0.813. The monoisotopic (exact) mass is 203 g/mol. The highest BCUT2D eigenvalue weighted by molar-refractivity contribution is 5.88. The zero-order valence-corrected chi connectivity index (χ0v) is 8.10. The molecule has 0 bridgehead atoms. The average molecular weight is 203 g/mol. The summed E-state index contributed by atoms with van der Waals surface area (Å²) in [5.74, 6) is -1.20. The van der Waals surface area contributed by atoms with E-state index < -0.39 is 5.97 Å². The molecule has 0 aliphatic heterocycles. The highest BCUT2D eigenvalue weighted by Crippen LogP contribution is 2.24. The second kappa shape index (κ2) is 3.57. The van der Waals surface area contributed by atoms with Gasteiger partial charge in [0.1, 0.15) is 5.69 Å². The number of benzene rings is 1. The van der Waals surface area contributed by atoms with Crippen LogP contribution in [0, 0.1) is 6.92 Å². The number of nitrogens with zero attached hydrogens (tertiary/aromatic N) is 1. The van der Waals surface area contributed by atoms with Gasteiger partial charge in [-0.1, -0.05) is 35.5 Å². The van der Waals surface area contributed by atoms with Crippen molar-refractivity contribution in [1.82, 2.24) is 5.16 Å². The predicted molar refractivity (Wildman–Crippen MR) is 53.6 cm³/mol. The molecule has 1 aromatic carbocycles. The summed E-state index contributed by atoms with van der Waals surface area (Å²) in [5.41, 5.74) is 1.98. The van der Waals surface area contributed by atoms with Gasteiger partial charge in [0.25, 0.3) is 0 Å². The Balaban J connectivity index is 2.52. The first kappa shape index (κ1) is 9.45. The summed E-state index contributed by atoms with van der Waals surface area (Å²) in [6, 6.07) is 9.33. The van der Waals surface area contributed by atoms with Crippen LogP contribution < -0.4 is 0 Å². The maximum Gasteiger partial charge on any atom is 0.375 e. The van der Waals surface area contributed by atoms with Crippen molar-refractivity contribution in [3.8, 4) is 11.3 Å². The molecule has 0 aliphatic rings. The molecule has 2 rings (SSSR count). The van der Waals surface area contributed by atoms with Crippen molar-refractivity contribution in [3.63, 3.8) is 0 Å². The van der Waals surface area contributed by atoms with Crippen molar-refractivity contribution in [2.45, 2.75) is 6.92 Å². The maximum absolute atomic E-state index is 10.7. The van der Waals surface area contributed by atoms with Crippen molar-refractivity contribution in [2.75, 3.05) is 0 Å². The molecule has 0 saturated carbocycles. The number of carboxylic acid groups (broad SMARTS) is 1. The minimum Gasteiger partial charge on any atom is -0.475 e. The molecule has 1 aromatic heterocycles. The Morgan fingerprint density at radius 3 is 2.53 bits per heavy atom. The molecule has 0 aliphatic carbocycles. The molecule has 0 saturated heterocycles. The third-order valence-electron chi connectivity index (χ3n) is 2.17. The average Bonchev–Trinajstić information content (AvgIpc) is 2.61. The van der Waals surface area contributed by atoms with Gasteiger partial charge in [0.15, 0.2) is 0 Å². The first-order valence-electron chi connectivity index (χ1n) is 4.45. The van der Waals surface area contributed by atoms with E-state index in [2.05, 4.69) is 5.16 Å². The fourth-order valence-corrected chi connectivity index (χ4v) is 1.40. The Morgan fingerprint density at radius 1 is 1.33 bits per heavy atom. The van der Waals surface area contributed by atoms with E-state index in [0.717, 1.165) is 5.56 Å². The third-order valence-corrected chi connectivity index (χ3v) is 2.17. The van der Waals surface area contributed by atoms with Gasteiger partial charge in [-0.25, -0.2) is 4.79 Å².